The van der Waals surface area contributed by atoms with E-state index in [0.717, 1.165) is 13.1 Å². The Hall–Kier alpha value is -2.33. The number of halogens is 3. The molecule has 0 saturated heterocycles. The number of fused-ring (bicyclic) bond motifs is 1. The molecule has 190 valence electrons. The van der Waals surface area contributed by atoms with Crippen LogP contribution in [0.2, 0.25) is 0 Å². The predicted molar refractivity (Wildman–Crippen MR) is 122 cm³/mol. The van der Waals surface area contributed by atoms with Crippen molar-refractivity contribution < 1.29 is 32.2 Å². The number of hydrogen-bond acceptors (Lipinski definition) is 5. The summed E-state index contributed by atoms with van der Waals surface area (Å²) in [6.07, 6.45) is -3.95. The van der Waals surface area contributed by atoms with E-state index in [4.69, 9.17) is 9.47 Å². The maximum atomic E-state index is 13.3. The standard InChI is InChI=1S/C24H34F3N3O4/c1-15-11-30(12-17-5-6-17)16(2)14-34-20-8-7-18(28-22(31)10-24(25,26)27)9-19(20)23(32)29(3)13-21(15)33-4/h7-9,15-17,21H,5-6,10-14H2,1-4H3,(H,28,31)/t15-,16+,21-/m1/s1. The molecule has 3 rings (SSSR count). The number of amides is 2. The first-order valence-electron chi connectivity index (χ1n) is 11.6. The molecule has 34 heavy (non-hydrogen) atoms. The van der Waals surface area contributed by atoms with Crippen LogP contribution in [0, 0.1) is 11.8 Å². The van der Waals surface area contributed by atoms with Crippen LogP contribution in [0.3, 0.4) is 0 Å². The summed E-state index contributed by atoms with van der Waals surface area (Å²) < 4.78 is 49.4. The number of methoxy groups -OCH3 is 1. The fourth-order valence-electron chi connectivity index (χ4n) is 4.20. The number of likely N-dealkylation sites (N-methyl/N-ethyl adjacent to an activating group) is 1. The fourth-order valence-corrected chi connectivity index (χ4v) is 4.20. The molecule has 0 unspecified atom stereocenters. The highest BCUT2D eigenvalue weighted by Gasteiger charge is 2.33. The third-order valence-electron chi connectivity index (χ3n) is 6.41. The number of anilines is 1. The highest BCUT2D eigenvalue weighted by atomic mass is 19.4. The van der Waals surface area contributed by atoms with Crippen molar-refractivity contribution in [1.29, 1.82) is 0 Å². The van der Waals surface area contributed by atoms with Crippen molar-refractivity contribution in [2.45, 2.75) is 51.4 Å². The van der Waals surface area contributed by atoms with Gasteiger partial charge in [0.05, 0.1) is 11.7 Å². The number of ether oxygens (including phenoxy) is 2. The minimum Gasteiger partial charge on any atom is -0.491 e. The summed E-state index contributed by atoms with van der Waals surface area (Å²) in [5.74, 6) is -0.373. The summed E-state index contributed by atoms with van der Waals surface area (Å²) >= 11 is 0. The molecule has 1 heterocycles. The van der Waals surface area contributed by atoms with E-state index in [1.807, 2.05) is 0 Å². The van der Waals surface area contributed by atoms with Gasteiger partial charge < -0.3 is 19.7 Å². The predicted octanol–water partition coefficient (Wildman–Crippen LogP) is 3.79. The van der Waals surface area contributed by atoms with Crippen LogP contribution in [0.5, 0.6) is 5.75 Å². The lowest BCUT2D eigenvalue weighted by Crippen LogP contribution is -2.47. The van der Waals surface area contributed by atoms with Gasteiger partial charge in [-0.15, -0.1) is 0 Å². The molecule has 2 aliphatic rings. The van der Waals surface area contributed by atoms with Gasteiger partial charge in [-0.2, -0.15) is 13.2 Å². The second kappa shape index (κ2) is 10.9. The largest absolute Gasteiger partial charge is 0.491 e. The van der Waals surface area contributed by atoms with Crippen molar-refractivity contribution in [3.8, 4) is 5.75 Å². The first-order chi connectivity index (χ1) is 16.0. The van der Waals surface area contributed by atoms with Crippen molar-refractivity contribution in [3.63, 3.8) is 0 Å². The summed E-state index contributed by atoms with van der Waals surface area (Å²) in [5, 5.41) is 2.22. The maximum Gasteiger partial charge on any atom is 0.397 e. The topological polar surface area (TPSA) is 71.1 Å². The van der Waals surface area contributed by atoms with Crippen LogP contribution < -0.4 is 10.1 Å². The summed E-state index contributed by atoms with van der Waals surface area (Å²) in [6.45, 7) is 6.68. The quantitative estimate of drug-likeness (QED) is 0.687. The number of nitrogens with one attached hydrogen (secondary N) is 1. The number of carbonyl (C=O) groups is 2. The summed E-state index contributed by atoms with van der Waals surface area (Å²) in [7, 11) is 3.28. The number of nitrogens with zero attached hydrogens (tertiary/aromatic N) is 2. The Bertz CT molecular complexity index is 876. The molecule has 1 saturated carbocycles. The molecule has 0 bridgehead atoms. The second-order valence-electron chi connectivity index (χ2n) is 9.55. The molecular formula is C24H34F3N3O4. The van der Waals surface area contributed by atoms with Crippen molar-refractivity contribution in [2.75, 3.05) is 45.7 Å². The van der Waals surface area contributed by atoms with E-state index in [1.165, 1.54) is 35.9 Å². The molecular weight excluding hydrogens is 451 g/mol. The van der Waals surface area contributed by atoms with Crippen LogP contribution in [-0.4, -0.2) is 80.3 Å². The van der Waals surface area contributed by atoms with Crippen molar-refractivity contribution in [1.82, 2.24) is 9.80 Å². The highest BCUT2D eigenvalue weighted by molar-refractivity contribution is 5.99. The lowest BCUT2D eigenvalue weighted by molar-refractivity contribution is -0.150. The molecule has 0 radical (unpaired) electrons. The normalized spacial score (nSPS) is 25.1. The van der Waals surface area contributed by atoms with Gasteiger partial charge in [0.2, 0.25) is 5.91 Å². The van der Waals surface area contributed by atoms with Gasteiger partial charge in [0.25, 0.3) is 5.91 Å². The Morgan fingerprint density at radius 1 is 1.24 bits per heavy atom. The highest BCUT2D eigenvalue weighted by Crippen LogP contribution is 2.32. The van der Waals surface area contributed by atoms with Gasteiger partial charge >= 0.3 is 6.18 Å². The lowest BCUT2D eigenvalue weighted by atomic mass is 10.0. The number of hydrogen-bond donors (Lipinski definition) is 1. The molecule has 1 aliphatic heterocycles. The Morgan fingerprint density at radius 3 is 2.56 bits per heavy atom. The van der Waals surface area contributed by atoms with Gasteiger partial charge in [-0.1, -0.05) is 6.92 Å². The van der Waals surface area contributed by atoms with Gasteiger partial charge in [0, 0.05) is 45.5 Å². The molecule has 1 aliphatic carbocycles. The van der Waals surface area contributed by atoms with Crippen molar-refractivity contribution in [2.24, 2.45) is 11.8 Å². The Labute approximate surface area is 198 Å². The SMILES string of the molecule is CO[C@@H]1CN(C)C(=O)c2cc(NC(=O)CC(F)(F)F)ccc2OC[C@H](C)N(CC2CC2)C[C@H]1C. The van der Waals surface area contributed by atoms with E-state index in [2.05, 4.69) is 24.1 Å². The average molecular weight is 486 g/mol. The number of alkyl halides is 3. The fraction of sp³-hybridized carbons (Fsp3) is 0.667. The number of benzene rings is 1. The van der Waals surface area contributed by atoms with Crippen LogP contribution >= 0.6 is 0 Å². The minimum atomic E-state index is -4.62. The van der Waals surface area contributed by atoms with E-state index >= 15 is 0 Å². The zero-order valence-electron chi connectivity index (χ0n) is 20.2. The summed E-state index contributed by atoms with van der Waals surface area (Å²) in [6, 6.07) is 4.42. The molecule has 1 N–H and O–H groups in total. The molecule has 0 aromatic heterocycles. The van der Waals surface area contributed by atoms with Crippen molar-refractivity contribution in [3.05, 3.63) is 23.8 Å². The zero-order valence-corrected chi connectivity index (χ0v) is 20.2. The minimum absolute atomic E-state index is 0.0897. The van der Waals surface area contributed by atoms with E-state index in [9.17, 15) is 22.8 Å². The first kappa shape index (κ1) is 26.3. The van der Waals surface area contributed by atoms with Crippen LogP contribution in [0.25, 0.3) is 0 Å². The number of rotatable bonds is 5. The first-order valence-corrected chi connectivity index (χ1v) is 11.6. The third kappa shape index (κ3) is 7.33. The van der Waals surface area contributed by atoms with E-state index < -0.39 is 18.5 Å². The molecule has 1 aromatic rings. The lowest BCUT2D eigenvalue weighted by Gasteiger charge is -2.36. The van der Waals surface area contributed by atoms with Gasteiger partial charge in [0.1, 0.15) is 18.8 Å². The van der Waals surface area contributed by atoms with Crippen molar-refractivity contribution >= 4 is 17.5 Å². The Morgan fingerprint density at radius 2 is 1.94 bits per heavy atom. The molecule has 7 nitrogen and oxygen atoms in total. The van der Waals surface area contributed by atoms with Crippen LogP contribution in [-0.2, 0) is 9.53 Å². The van der Waals surface area contributed by atoms with Gasteiger partial charge in [0.15, 0.2) is 0 Å². The molecule has 3 atom stereocenters. The summed E-state index contributed by atoms with van der Waals surface area (Å²) in [5.41, 5.74) is 0.279. The molecule has 2 amide bonds. The smallest absolute Gasteiger partial charge is 0.397 e. The van der Waals surface area contributed by atoms with E-state index in [1.54, 1.807) is 14.2 Å². The molecule has 1 fully saturated rings. The van der Waals surface area contributed by atoms with Crippen LogP contribution in [0.1, 0.15) is 43.5 Å². The van der Waals surface area contributed by atoms with Gasteiger partial charge in [-0.25, -0.2) is 0 Å². The number of carbonyl (C=O) groups excluding carboxylic acids is 2. The summed E-state index contributed by atoms with van der Waals surface area (Å²) in [4.78, 5) is 29.0. The average Bonchev–Trinajstić information content (AvgIpc) is 3.57. The Kier molecular flexibility index (Phi) is 8.46. The van der Waals surface area contributed by atoms with E-state index in [0.29, 0.717) is 24.8 Å². The van der Waals surface area contributed by atoms with E-state index in [-0.39, 0.29) is 35.2 Å². The maximum absolute atomic E-state index is 13.3. The van der Waals surface area contributed by atoms with Gasteiger partial charge in [-0.3, -0.25) is 14.5 Å². The second-order valence-corrected chi connectivity index (χ2v) is 9.55. The molecule has 10 heteroatoms. The van der Waals surface area contributed by atoms with Crippen LogP contribution in [0.4, 0.5) is 18.9 Å². The third-order valence-corrected chi connectivity index (χ3v) is 6.41. The Balaban J connectivity index is 1.87. The zero-order chi connectivity index (χ0) is 25.0. The molecule has 0 spiro atoms. The molecule has 1 aromatic carbocycles. The van der Waals surface area contributed by atoms with Crippen LogP contribution in [0.15, 0.2) is 18.2 Å². The van der Waals surface area contributed by atoms with Gasteiger partial charge in [-0.05, 0) is 49.8 Å². The monoisotopic (exact) mass is 485 g/mol.